The molecule has 0 saturated heterocycles. The molecular formula is C19H16ClNO2. The second kappa shape index (κ2) is 5.43. The van der Waals surface area contributed by atoms with E-state index in [1.807, 2.05) is 36.4 Å². The highest BCUT2D eigenvalue weighted by Gasteiger charge is 2.39. The minimum absolute atomic E-state index is 0.0836. The Bertz CT molecular complexity index is 798. The Morgan fingerprint density at radius 3 is 2.70 bits per heavy atom. The number of anilines is 1. The Morgan fingerprint density at radius 2 is 1.96 bits per heavy atom. The van der Waals surface area contributed by atoms with Crippen LogP contribution in [0.1, 0.15) is 39.9 Å². The van der Waals surface area contributed by atoms with Gasteiger partial charge in [-0.2, -0.15) is 0 Å². The van der Waals surface area contributed by atoms with Crippen LogP contribution in [0.4, 0.5) is 5.69 Å². The van der Waals surface area contributed by atoms with E-state index in [1.54, 1.807) is 6.07 Å². The van der Waals surface area contributed by atoms with E-state index in [1.165, 1.54) is 0 Å². The van der Waals surface area contributed by atoms with Gasteiger partial charge < -0.3 is 10.4 Å². The van der Waals surface area contributed by atoms with Crippen molar-refractivity contribution < 1.29 is 9.90 Å². The lowest BCUT2D eigenvalue weighted by molar-refractivity contribution is 0.0697. The van der Waals surface area contributed by atoms with Crippen LogP contribution < -0.4 is 5.32 Å². The highest BCUT2D eigenvalue weighted by molar-refractivity contribution is 6.30. The van der Waals surface area contributed by atoms with Gasteiger partial charge in [-0.25, -0.2) is 4.79 Å². The Hall–Kier alpha value is -2.26. The molecule has 4 rings (SSSR count). The van der Waals surface area contributed by atoms with Gasteiger partial charge in [0.25, 0.3) is 0 Å². The topological polar surface area (TPSA) is 49.3 Å². The molecular weight excluding hydrogens is 310 g/mol. The van der Waals surface area contributed by atoms with Crippen molar-refractivity contribution in [2.45, 2.75) is 18.4 Å². The Balaban J connectivity index is 1.83. The van der Waals surface area contributed by atoms with Crippen LogP contribution in [0.25, 0.3) is 0 Å². The number of aromatic carboxylic acids is 1. The van der Waals surface area contributed by atoms with Crippen LogP contribution in [0.5, 0.6) is 0 Å². The van der Waals surface area contributed by atoms with Crippen LogP contribution in [-0.4, -0.2) is 11.1 Å². The van der Waals surface area contributed by atoms with Crippen molar-refractivity contribution in [1.29, 1.82) is 0 Å². The summed E-state index contributed by atoms with van der Waals surface area (Å²) < 4.78 is 0. The maximum absolute atomic E-state index is 11.6. The van der Waals surface area contributed by atoms with Crippen LogP contribution in [0.15, 0.2) is 54.6 Å². The fourth-order valence-corrected chi connectivity index (χ4v) is 3.93. The molecule has 2 N–H and O–H groups in total. The molecule has 1 heterocycles. The third-order valence-corrected chi connectivity index (χ3v) is 5.11. The Kier molecular flexibility index (Phi) is 3.38. The average Bonchev–Trinajstić information content (AvgIpc) is 3.04. The summed E-state index contributed by atoms with van der Waals surface area (Å²) in [5.41, 5.74) is 3.29. The molecule has 0 radical (unpaired) electrons. The molecule has 0 fully saturated rings. The molecule has 1 aliphatic heterocycles. The van der Waals surface area contributed by atoms with Crippen LogP contribution in [-0.2, 0) is 0 Å². The first-order valence-corrected chi connectivity index (χ1v) is 8.08. The van der Waals surface area contributed by atoms with Crippen molar-refractivity contribution in [2.24, 2.45) is 5.92 Å². The number of carbonyl (C=O) groups is 1. The molecule has 2 aromatic rings. The largest absolute Gasteiger partial charge is 0.478 e. The molecule has 4 heteroatoms. The van der Waals surface area contributed by atoms with E-state index >= 15 is 0 Å². The molecule has 0 spiro atoms. The summed E-state index contributed by atoms with van der Waals surface area (Å²) in [5, 5.41) is 13.7. The maximum Gasteiger partial charge on any atom is 0.337 e. The van der Waals surface area contributed by atoms with Crippen molar-refractivity contribution in [1.82, 2.24) is 0 Å². The minimum atomic E-state index is -0.898. The number of para-hydroxylation sites is 1. The number of nitrogens with one attached hydrogen (secondary N) is 1. The van der Waals surface area contributed by atoms with Crippen molar-refractivity contribution in [3.63, 3.8) is 0 Å². The average molecular weight is 326 g/mol. The predicted molar refractivity (Wildman–Crippen MR) is 91.2 cm³/mol. The first kappa shape index (κ1) is 14.3. The van der Waals surface area contributed by atoms with E-state index in [-0.39, 0.29) is 12.0 Å². The van der Waals surface area contributed by atoms with Crippen molar-refractivity contribution in [3.05, 3.63) is 76.3 Å². The Labute approximate surface area is 139 Å². The van der Waals surface area contributed by atoms with E-state index in [2.05, 4.69) is 17.5 Å². The van der Waals surface area contributed by atoms with Crippen LogP contribution in [0.3, 0.4) is 0 Å². The summed E-state index contributed by atoms with van der Waals surface area (Å²) in [7, 11) is 0. The summed E-state index contributed by atoms with van der Waals surface area (Å²) in [6.07, 6.45) is 5.39. The van der Waals surface area contributed by atoms with Gasteiger partial charge >= 0.3 is 5.97 Å². The van der Waals surface area contributed by atoms with Crippen molar-refractivity contribution >= 4 is 23.3 Å². The molecule has 1 aliphatic carbocycles. The number of hydrogen-bond donors (Lipinski definition) is 2. The Morgan fingerprint density at radius 1 is 1.17 bits per heavy atom. The summed E-state index contributed by atoms with van der Waals surface area (Å²) in [4.78, 5) is 11.6. The highest BCUT2D eigenvalue weighted by atomic mass is 35.5. The van der Waals surface area contributed by atoms with E-state index in [0.29, 0.717) is 16.5 Å². The number of allylic oxidation sites excluding steroid dienone is 2. The highest BCUT2D eigenvalue weighted by Crippen LogP contribution is 2.50. The fourth-order valence-electron chi connectivity index (χ4n) is 3.80. The predicted octanol–water partition coefficient (Wildman–Crippen LogP) is 4.86. The molecule has 0 bridgehead atoms. The number of hydrogen-bond acceptors (Lipinski definition) is 2. The van der Waals surface area contributed by atoms with Gasteiger partial charge in [0.1, 0.15) is 0 Å². The SMILES string of the molecule is O=C(O)c1cccc2c1N[C@H](c1ccc(Cl)cc1)[C@@H]1CC=C[C@H]21. The number of fused-ring (bicyclic) bond motifs is 3. The summed E-state index contributed by atoms with van der Waals surface area (Å²) in [6.45, 7) is 0. The molecule has 0 aromatic heterocycles. The van der Waals surface area contributed by atoms with Gasteiger partial charge in [0.15, 0.2) is 0 Å². The van der Waals surface area contributed by atoms with Gasteiger partial charge in [0.05, 0.1) is 17.3 Å². The molecule has 116 valence electrons. The number of carboxylic acids is 1. The lowest BCUT2D eigenvalue weighted by Crippen LogP contribution is -2.30. The van der Waals surface area contributed by atoms with Gasteiger partial charge in [-0.3, -0.25) is 0 Å². The second-order valence-electron chi connectivity index (χ2n) is 6.10. The number of halogens is 1. The van der Waals surface area contributed by atoms with Crippen LogP contribution in [0, 0.1) is 5.92 Å². The van der Waals surface area contributed by atoms with Crippen molar-refractivity contribution in [2.75, 3.05) is 5.32 Å². The quantitative estimate of drug-likeness (QED) is 0.775. The van der Waals surface area contributed by atoms with Crippen LogP contribution >= 0.6 is 11.6 Å². The van der Waals surface area contributed by atoms with Gasteiger partial charge in [0, 0.05) is 10.9 Å². The lowest BCUT2D eigenvalue weighted by Gasteiger charge is -2.38. The molecule has 23 heavy (non-hydrogen) atoms. The zero-order valence-corrected chi connectivity index (χ0v) is 13.1. The number of carboxylic acid groups (broad SMARTS) is 1. The van der Waals surface area contributed by atoms with E-state index in [0.717, 1.165) is 23.2 Å². The summed E-state index contributed by atoms with van der Waals surface area (Å²) in [5.74, 6) is -0.247. The third-order valence-electron chi connectivity index (χ3n) is 4.86. The first-order chi connectivity index (χ1) is 11.1. The van der Waals surface area contributed by atoms with E-state index in [4.69, 9.17) is 11.6 Å². The summed E-state index contributed by atoms with van der Waals surface area (Å²) >= 11 is 6.00. The number of rotatable bonds is 2. The zero-order chi connectivity index (χ0) is 16.0. The zero-order valence-electron chi connectivity index (χ0n) is 12.4. The van der Waals surface area contributed by atoms with E-state index in [9.17, 15) is 9.90 Å². The first-order valence-electron chi connectivity index (χ1n) is 7.70. The van der Waals surface area contributed by atoms with Gasteiger partial charge in [-0.15, -0.1) is 0 Å². The maximum atomic E-state index is 11.6. The minimum Gasteiger partial charge on any atom is -0.478 e. The number of benzene rings is 2. The monoisotopic (exact) mass is 325 g/mol. The molecule has 2 aromatic carbocycles. The van der Waals surface area contributed by atoms with Gasteiger partial charge in [-0.05, 0) is 41.7 Å². The summed E-state index contributed by atoms with van der Waals surface area (Å²) in [6, 6.07) is 13.4. The molecule has 0 amide bonds. The third kappa shape index (κ3) is 2.32. The normalized spacial score (nSPS) is 24.7. The lowest BCUT2D eigenvalue weighted by atomic mass is 9.76. The van der Waals surface area contributed by atoms with E-state index < -0.39 is 5.97 Å². The standard InChI is InChI=1S/C19H16ClNO2/c20-12-9-7-11(8-10-12)17-14-4-1-3-13(14)15-5-2-6-16(19(22)23)18(15)21-17/h1-3,5-10,13-14,17,21H,4H2,(H,22,23)/t13-,14+,17+/m0/s1. The molecule has 2 aliphatic rings. The van der Waals surface area contributed by atoms with Gasteiger partial charge in [-0.1, -0.05) is 48.0 Å². The van der Waals surface area contributed by atoms with Crippen molar-refractivity contribution in [3.8, 4) is 0 Å². The molecule has 0 saturated carbocycles. The molecule has 3 nitrogen and oxygen atoms in total. The molecule has 3 atom stereocenters. The fraction of sp³-hybridized carbons (Fsp3) is 0.211. The smallest absolute Gasteiger partial charge is 0.337 e. The van der Waals surface area contributed by atoms with Crippen LogP contribution in [0.2, 0.25) is 5.02 Å². The van der Waals surface area contributed by atoms with Gasteiger partial charge in [0.2, 0.25) is 0 Å². The second-order valence-corrected chi connectivity index (χ2v) is 6.54. The molecule has 0 unspecified atom stereocenters.